The van der Waals surface area contributed by atoms with Crippen LogP contribution in [-0.4, -0.2) is 10.2 Å². The number of rotatable bonds is 4. The van der Waals surface area contributed by atoms with Crippen molar-refractivity contribution in [1.82, 2.24) is 10.2 Å². The van der Waals surface area contributed by atoms with Crippen molar-refractivity contribution in [2.75, 3.05) is 5.32 Å². The molecule has 17 heavy (non-hydrogen) atoms. The number of halogens is 1. The number of hydrogen-bond acceptors (Lipinski definition) is 4. The third-order valence-corrected chi connectivity index (χ3v) is 4.35. The lowest BCUT2D eigenvalue weighted by atomic mass is 10.1. The zero-order valence-corrected chi connectivity index (χ0v) is 12.2. The molecule has 1 heterocycles. The summed E-state index contributed by atoms with van der Waals surface area (Å²) in [5.74, 6) is 0. The maximum absolute atomic E-state index is 4.09. The van der Waals surface area contributed by atoms with Crippen LogP contribution in [0.4, 0.5) is 5.13 Å². The van der Waals surface area contributed by atoms with Gasteiger partial charge in [0.05, 0.1) is 0 Å². The summed E-state index contributed by atoms with van der Waals surface area (Å²) in [6.45, 7) is 4.96. The van der Waals surface area contributed by atoms with Crippen molar-refractivity contribution >= 4 is 32.4 Å². The number of nitrogens with one attached hydrogen (secondary N) is 1. The van der Waals surface area contributed by atoms with Gasteiger partial charge in [-0.25, -0.2) is 0 Å². The van der Waals surface area contributed by atoms with E-state index in [0.29, 0.717) is 0 Å². The maximum Gasteiger partial charge on any atom is 0.205 e. The van der Waals surface area contributed by atoms with E-state index in [9.17, 15) is 0 Å². The van der Waals surface area contributed by atoms with E-state index in [1.54, 1.807) is 11.3 Å². The van der Waals surface area contributed by atoms with Crippen molar-refractivity contribution < 1.29 is 0 Å². The summed E-state index contributed by atoms with van der Waals surface area (Å²) in [5, 5.41) is 13.4. The van der Waals surface area contributed by atoms with Gasteiger partial charge in [-0.15, -0.1) is 10.2 Å². The molecule has 0 unspecified atom stereocenters. The molecule has 0 atom stereocenters. The first-order valence-electron chi connectivity index (χ1n) is 5.50. The third kappa shape index (κ3) is 3.26. The van der Waals surface area contributed by atoms with Crippen LogP contribution in [0.3, 0.4) is 0 Å². The maximum atomic E-state index is 4.09. The second-order valence-corrected chi connectivity index (χ2v) is 5.71. The second-order valence-electron chi connectivity index (χ2n) is 3.79. The molecule has 0 bridgehead atoms. The van der Waals surface area contributed by atoms with Gasteiger partial charge in [0.1, 0.15) is 5.01 Å². The van der Waals surface area contributed by atoms with Gasteiger partial charge in [0.15, 0.2) is 0 Å². The van der Waals surface area contributed by atoms with Crippen LogP contribution < -0.4 is 5.32 Å². The number of aryl methyl sites for hydroxylation is 2. The molecule has 0 saturated carbocycles. The van der Waals surface area contributed by atoms with E-state index in [1.807, 2.05) is 0 Å². The van der Waals surface area contributed by atoms with Crippen molar-refractivity contribution in [2.24, 2.45) is 0 Å². The lowest BCUT2D eigenvalue weighted by molar-refractivity contribution is 0.975. The molecule has 0 amide bonds. The highest BCUT2D eigenvalue weighted by atomic mass is 79.9. The first-order chi connectivity index (χ1) is 8.19. The zero-order chi connectivity index (χ0) is 12.3. The number of benzene rings is 1. The van der Waals surface area contributed by atoms with Gasteiger partial charge in [0.25, 0.3) is 0 Å². The van der Waals surface area contributed by atoms with E-state index in [2.05, 4.69) is 63.5 Å². The standard InChI is InChI=1S/C12H14BrN3S/c1-3-11-15-16-12(17-11)14-7-9-4-5-10(13)8(2)6-9/h4-6H,3,7H2,1-2H3,(H,14,16). The van der Waals surface area contributed by atoms with E-state index in [0.717, 1.165) is 27.6 Å². The molecule has 0 radical (unpaired) electrons. The highest BCUT2D eigenvalue weighted by molar-refractivity contribution is 9.10. The van der Waals surface area contributed by atoms with Gasteiger partial charge in [-0.05, 0) is 30.5 Å². The van der Waals surface area contributed by atoms with Gasteiger partial charge in [-0.3, -0.25) is 0 Å². The van der Waals surface area contributed by atoms with Gasteiger partial charge in [-0.1, -0.05) is 46.3 Å². The molecule has 0 aliphatic rings. The molecular formula is C12H14BrN3S. The zero-order valence-electron chi connectivity index (χ0n) is 9.83. The number of aromatic nitrogens is 2. The minimum Gasteiger partial charge on any atom is -0.356 e. The van der Waals surface area contributed by atoms with Gasteiger partial charge >= 0.3 is 0 Å². The summed E-state index contributed by atoms with van der Waals surface area (Å²) >= 11 is 5.11. The van der Waals surface area contributed by atoms with E-state index >= 15 is 0 Å². The first-order valence-corrected chi connectivity index (χ1v) is 7.11. The Morgan fingerprint density at radius 1 is 1.35 bits per heavy atom. The molecule has 0 aliphatic heterocycles. The van der Waals surface area contributed by atoms with Crippen molar-refractivity contribution in [3.8, 4) is 0 Å². The van der Waals surface area contributed by atoms with Crippen LogP contribution in [0.2, 0.25) is 0 Å². The molecule has 0 saturated heterocycles. The number of hydrogen-bond donors (Lipinski definition) is 1. The SMILES string of the molecule is CCc1nnc(NCc2ccc(Br)c(C)c2)s1. The van der Waals surface area contributed by atoms with Crippen molar-refractivity contribution in [2.45, 2.75) is 26.8 Å². The summed E-state index contributed by atoms with van der Waals surface area (Å²) < 4.78 is 1.14. The minimum absolute atomic E-state index is 0.784. The summed E-state index contributed by atoms with van der Waals surface area (Å²) in [6, 6.07) is 6.34. The monoisotopic (exact) mass is 311 g/mol. The quantitative estimate of drug-likeness (QED) is 0.933. The third-order valence-electron chi connectivity index (χ3n) is 2.44. The van der Waals surface area contributed by atoms with Crippen LogP contribution >= 0.6 is 27.3 Å². The summed E-state index contributed by atoms with van der Waals surface area (Å²) in [6.07, 6.45) is 0.941. The highest BCUT2D eigenvalue weighted by Gasteiger charge is 2.02. The highest BCUT2D eigenvalue weighted by Crippen LogP contribution is 2.19. The Morgan fingerprint density at radius 3 is 2.82 bits per heavy atom. The van der Waals surface area contributed by atoms with E-state index in [4.69, 9.17) is 0 Å². The van der Waals surface area contributed by atoms with Crippen molar-refractivity contribution in [3.05, 3.63) is 38.8 Å². The molecule has 0 fully saturated rings. The molecule has 2 aromatic rings. The second kappa shape index (κ2) is 5.60. The Kier molecular flexibility index (Phi) is 4.12. The molecule has 0 spiro atoms. The Labute approximate surface area is 113 Å². The number of anilines is 1. The molecule has 5 heteroatoms. The van der Waals surface area contributed by atoms with Crippen LogP contribution in [0.25, 0.3) is 0 Å². The van der Waals surface area contributed by atoms with Crippen LogP contribution in [-0.2, 0) is 13.0 Å². The normalized spacial score (nSPS) is 10.5. The number of nitrogens with zero attached hydrogens (tertiary/aromatic N) is 2. The average Bonchev–Trinajstić information content (AvgIpc) is 2.79. The Morgan fingerprint density at radius 2 is 2.18 bits per heavy atom. The summed E-state index contributed by atoms with van der Waals surface area (Å²) in [5.41, 5.74) is 2.50. The fourth-order valence-electron chi connectivity index (χ4n) is 1.46. The van der Waals surface area contributed by atoms with E-state index in [-0.39, 0.29) is 0 Å². The van der Waals surface area contributed by atoms with Crippen LogP contribution in [0, 0.1) is 6.92 Å². The Bertz CT molecular complexity index is 510. The topological polar surface area (TPSA) is 37.8 Å². The molecular weight excluding hydrogens is 298 g/mol. The van der Waals surface area contributed by atoms with Gasteiger partial charge < -0.3 is 5.32 Å². The predicted octanol–water partition coefficient (Wildman–Crippen LogP) is 3.78. The van der Waals surface area contributed by atoms with Crippen LogP contribution in [0.5, 0.6) is 0 Å². The minimum atomic E-state index is 0.784. The van der Waals surface area contributed by atoms with Crippen LogP contribution in [0.15, 0.2) is 22.7 Å². The molecule has 1 aromatic carbocycles. The summed E-state index contributed by atoms with van der Waals surface area (Å²) in [4.78, 5) is 0. The average molecular weight is 312 g/mol. The molecule has 90 valence electrons. The van der Waals surface area contributed by atoms with E-state index in [1.165, 1.54) is 11.1 Å². The van der Waals surface area contributed by atoms with Gasteiger partial charge in [0.2, 0.25) is 5.13 Å². The molecule has 1 N–H and O–H groups in total. The Hall–Kier alpha value is -0.940. The summed E-state index contributed by atoms with van der Waals surface area (Å²) in [7, 11) is 0. The van der Waals surface area contributed by atoms with Gasteiger partial charge in [0, 0.05) is 11.0 Å². The first kappa shape index (κ1) is 12.5. The largest absolute Gasteiger partial charge is 0.356 e. The van der Waals surface area contributed by atoms with E-state index < -0.39 is 0 Å². The Balaban J connectivity index is 1.99. The molecule has 2 rings (SSSR count). The van der Waals surface area contributed by atoms with Gasteiger partial charge in [-0.2, -0.15) is 0 Å². The predicted molar refractivity (Wildman–Crippen MR) is 75.5 cm³/mol. The lowest BCUT2D eigenvalue weighted by Crippen LogP contribution is -1.99. The fraction of sp³-hybridized carbons (Fsp3) is 0.333. The van der Waals surface area contributed by atoms with Crippen molar-refractivity contribution in [1.29, 1.82) is 0 Å². The van der Waals surface area contributed by atoms with Crippen molar-refractivity contribution in [3.63, 3.8) is 0 Å². The molecule has 1 aromatic heterocycles. The lowest BCUT2D eigenvalue weighted by Gasteiger charge is -2.04. The van der Waals surface area contributed by atoms with Crippen LogP contribution in [0.1, 0.15) is 23.1 Å². The fourth-order valence-corrected chi connectivity index (χ4v) is 2.38. The smallest absolute Gasteiger partial charge is 0.205 e. The molecule has 0 aliphatic carbocycles. The molecule has 3 nitrogen and oxygen atoms in total.